The van der Waals surface area contributed by atoms with Gasteiger partial charge in [0.15, 0.2) is 0 Å². The van der Waals surface area contributed by atoms with E-state index in [9.17, 15) is 0 Å². The normalized spacial score (nSPS) is 23.6. The summed E-state index contributed by atoms with van der Waals surface area (Å²) < 4.78 is 0. The Morgan fingerprint density at radius 2 is 1.66 bits per heavy atom. The van der Waals surface area contributed by atoms with Crippen LogP contribution in [-0.4, -0.2) is 17.6 Å². The molecule has 3 aliphatic carbocycles. The molecule has 8 rings (SSSR count). The van der Waals surface area contributed by atoms with Crippen molar-refractivity contribution in [2.75, 3.05) is 6.54 Å². The van der Waals surface area contributed by atoms with Gasteiger partial charge < -0.3 is 5.43 Å². The monoisotopic (exact) mass is 490 g/mol. The van der Waals surface area contributed by atoms with Crippen molar-refractivity contribution in [3.63, 3.8) is 0 Å². The molecule has 2 atom stereocenters. The van der Waals surface area contributed by atoms with Crippen LogP contribution in [0.25, 0.3) is 38.7 Å². The minimum absolute atomic E-state index is 0.0338. The van der Waals surface area contributed by atoms with E-state index in [4.69, 9.17) is 0 Å². The first kappa shape index (κ1) is 21.9. The van der Waals surface area contributed by atoms with Gasteiger partial charge in [-0.15, -0.1) is 0 Å². The Morgan fingerprint density at radius 1 is 0.816 bits per heavy atom. The molecule has 0 aromatic heterocycles. The fourth-order valence-corrected chi connectivity index (χ4v) is 7.17. The first-order valence-electron chi connectivity index (χ1n) is 13.8. The minimum atomic E-state index is -0.0338. The highest BCUT2D eigenvalue weighted by atomic mass is 15.5. The van der Waals surface area contributed by atoms with Crippen LogP contribution in [0.3, 0.4) is 0 Å². The van der Waals surface area contributed by atoms with E-state index in [1.54, 1.807) is 5.57 Å². The second-order valence-corrected chi connectivity index (χ2v) is 11.0. The van der Waals surface area contributed by atoms with E-state index in [2.05, 4.69) is 132 Å². The molecular weight excluding hydrogens is 460 g/mol. The highest BCUT2D eigenvalue weighted by molar-refractivity contribution is 6.16. The standard InChI is InChI=1S/C36H30N2/c1-2-10-25(11-3-1)33-23-34-31(29-16-6-7-17-30(29)33)19-20-35-32(34)18-9-21-36(35)24-38(37-27-13-4-5-14-27)28-15-8-12-26(36)22-28/h1-4,6-20,23,28,37H,5,21-22,24H2. The maximum absolute atomic E-state index is 3.77. The molecule has 184 valence electrons. The van der Waals surface area contributed by atoms with Crippen LogP contribution in [0.1, 0.15) is 30.4 Å². The molecular formula is C36H30N2. The quantitative estimate of drug-likeness (QED) is 0.291. The maximum atomic E-state index is 3.77. The average molecular weight is 491 g/mol. The molecule has 38 heavy (non-hydrogen) atoms. The Morgan fingerprint density at radius 3 is 2.53 bits per heavy atom. The number of allylic oxidation sites excluding steroid dienone is 6. The molecule has 4 aromatic carbocycles. The molecule has 2 unspecified atom stereocenters. The number of fused-ring (bicyclic) bond motifs is 9. The van der Waals surface area contributed by atoms with Gasteiger partial charge in [0.05, 0.1) is 6.04 Å². The van der Waals surface area contributed by atoms with Crippen LogP contribution in [0.5, 0.6) is 0 Å². The van der Waals surface area contributed by atoms with Crippen molar-refractivity contribution in [1.29, 1.82) is 0 Å². The lowest BCUT2D eigenvalue weighted by molar-refractivity contribution is 0.106. The summed E-state index contributed by atoms with van der Waals surface area (Å²) in [5.41, 5.74) is 11.9. The topological polar surface area (TPSA) is 15.3 Å². The van der Waals surface area contributed by atoms with Crippen LogP contribution in [0.2, 0.25) is 0 Å². The molecule has 4 aromatic rings. The molecule has 0 radical (unpaired) electrons. The number of hydrazine groups is 1. The molecule has 1 N–H and O–H groups in total. The Balaban J connectivity index is 1.35. The van der Waals surface area contributed by atoms with Crippen molar-refractivity contribution in [3.8, 4) is 11.1 Å². The van der Waals surface area contributed by atoms with E-state index in [0.717, 1.165) is 25.8 Å². The molecule has 2 heteroatoms. The Bertz CT molecular complexity index is 1750. The molecule has 1 heterocycles. The van der Waals surface area contributed by atoms with Crippen LogP contribution < -0.4 is 5.43 Å². The van der Waals surface area contributed by atoms with Gasteiger partial charge in [-0.25, -0.2) is 5.01 Å². The van der Waals surface area contributed by atoms with Gasteiger partial charge in [0.1, 0.15) is 0 Å². The number of rotatable bonds is 3. The van der Waals surface area contributed by atoms with Gasteiger partial charge in [-0.3, -0.25) is 0 Å². The summed E-state index contributed by atoms with van der Waals surface area (Å²) in [5, 5.41) is 7.81. The lowest BCUT2D eigenvalue weighted by Gasteiger charge is -2.51. The van der Waals surface area contributed by atoms with Crippen molar-refractivity contribution in [3.05, 3.63) is 138 Å². The third-order valence-corrected chi connectivity index (χ3v) is 8.99. The number of nitrogens with zero attached hydrogens (tertiary/aromatic N) is 1. The predicted octanol–water partition coefficient (Wildman–Crippen LogP) is 8.23. The van der Waals surface area contributed by atoms with E-state index < -0.39 is 0 Å². The summed E-state index contributed by atoms with van der Waals surface area (Å²) in [6.07, 6.45) is 21.7. The summed E-state index contributed by atoms with van der Waals surface area (Å²) in [6.45, 7) is 0.959. The van der Waals surface area contributed by atoms with Gasteiger partial charge in [0.25, 0.3) is 0 Å². The average Bonchev–Trinajstić information content (AvgIpc) is 3.49. The van der Waals surface area contributed by atoms with E-state index in [0.29, 0.717) is 6.04 Å². The minimum Gasteiger partial charge on any atom is -0.319 e. The molecule has 0 amide bonds. The number of hydrogen-bond acceptors (Lipinski definition) is 2. The lowest BCUT2D eigenvalue weighted by atomic mass is 9.62. The third kappa shape index (κ3) is 3.23. The summed E-state index contributed by atoms with van der Waals surface area (Å²) >= 11 is 0. The first-order chi connectivity index (χ1) is 18.8. The summed E-state index contributed by atoms with van der Waals surface area (Å²) in [6, 6.07) is 27.4. The van der Waals surface area contributed by atoms with Crippen LogP contribution in [0.4, 0.5) is 0 Å². The van der Waals surface area contributed by atoms with Crippen molar-refractivity contribution in [2.45, 2.75) is 30.7 Å². The van der Waals surface area contributed by atoms with Crippen LogP contribution in [0, 0.1) is 0 Å². The van der Waals surface area contributed by atoms with E-state index in [1.807, 2.05) is 0 Å². The van der Waals surface area contributed by atoms with Gasteiger partial charge in [-0.1, -0.05) is 115 Å². The van der Waals surface area contributed by atoms with Crippen molar-refractivity contribution < 1.29 is 0 Å². The molecule has 4 aliphatic rings. The summed E-state index contributed by atoms with van der Waals surface area (Å²) in [7, 11) is 0. The second kappa shape index (κ2) is 8.44. The van der Waals surface area contributed by atoms with Gasteiger partial charge in [0, 0.05) is 17.7 Å². The molecule has 0 saturated carbocycles. The molecule has 1 spiro atoms. The van der Waals surface area contributed by atoms with Crippen LogP contribution >= 0.6 is 0 Å². The smallest absolute Gasteiger partial charge is 0.0512 e. The Kier molecular flexibility index (Phi) is 4.86. The Labute approximate surface area is 223 Å². The summed E-state index contributed by atoms with van der Waals surface area (Å²) in [5.74, 6) is 0. The highest BCUT2D eigenvalue weighted by Crippen LogP contribution is 2.50. The predicted molar refractivity (Wildman–Crippen MR) is 160 cm³/mol. The Hall–Kier alpha value is -4.14. The van der Waals surface area contributed by atoms with E-state index >= 15 is 0 Å². The number of nitrogens with one attached hydrogen (secondary N) is 1. The van der Waals surface area contributed by atoms with Crippen molar-refractivity contribution in [2.24, 2.45) is 0 Å². The summed E-state index contributed by atoms with van der Waals surface area (Å²) in [4.78, 5) is 0. The number of benzene rings is 4. The fourth-order valence-electron chi connectivity index (χ4n) is 7.17. The van der Waals surface area contributed by atoms with Gasteiger partial charge in [0.2, 0.25) is 0 Å². The lowest BCUT2D eigenvalue weighted by Crippen LogP contribution is -2.57. The molecule has 2 nitrogen and oxygen atoms in total. The fraction of sp³-hybridized carbons (Fsp3) is 0.167. The highest BCUT2D eigenvalue weighted by Gasteiger charge is 2.46. The zero-order chi connectivity index (χ0) is 25.1. The third-order valence-electron chi connectivity index (χ3n) is 8.99. The number of hydrogen-bond donors (Lipinski definition) is 1. The van der Waals surface area contributed by atoms with Crippen molar-refractivity contribution >= 4 is 27.6 Å². The molecule has 1 fully saturated rings. The van der Waals surface area contributed by atoms with Gasteiger partial charge in [-0.2, -0.15) is 0 Å². The van der Waals surface area contributed by atoms with Crippen molar-refractivity contribution in [1.82, 2.24) is 10.4 Å². The van der Waals surface area contributed by atoms with E-state index in [-0.39, 0.29) is 5.41 Å². The second-order valence-electron chi connectivity index (χ2n) is 11.0. The van der Waals surface area contributed by atoms with E-state index in [1.165, 1.54) is 49.5 Å². The zero-order valence-electron chi connectivity index (χ0n) is 21.4. The maximum Gasteiger partial charge on any atom is 0.0512 e. The molecule has 1 saturated heterocycles. The van der Waals surface area contributed by atoms with Gasteiger partial charge >= 0.3 is 0 Å². The van der Waals surface area contributed by atoms with Gasteiger partial charge in [-0.05, 0) is 75.2 Å². The zero-order valence-corrected chi connectivity index (χ0v) is 21.4. The first-order valence-corrected chi connectivity index (χ1v) is 13.8. The molecule has 2 bridgehead atoms. The number of piperidine rings is 1. The van der Waals surface area contributed by atoms with Crippen LogP contribution in [0.15, 0.2) is 127 Å². The molecule has 1 aliphatic heterocycles. The van der Waals surface area contributed by atoms with Crippen LogP contribution in [-0.2, 0) is 5.41 Å². The SMILES string of the molecule is C1=CC2CC(=C1)C1(CC=Cc3c1ccc1c3cc(-c3ccccc3)c3ccccc31)CN2NC1=CCC=C1. The largest absolute Gasteiger partial charge is 0.319 e.